The molecule has 1 unspecified atom stereocenters. The highest BCUT2D eigenvalue weighted by Gasteiger charge is 2.03. The average molecular weight is 256 g/mol. The first-order valence-corrected chi connectivity index (χ1v) is 6.33. The molecule has 0 saturated heterocycles. The number of aromatic nitrogens is 2. The molecular weight excluding hydrogens is 242 g/mol. The molecule has 16 heavy (non-hydrogen) atoms. The second-order valence-electron chi connectivity index (χ2n) is 3.92. The second kappa shape index (κ2) is 4.99. The zero-order valence-corrected chi connectivity index (χ0v) is 10.6. The molecule has 0 fully saturated rings. The van der Waals surface area contributed by atoms with Gasteiger partial charge in [0.1, 0.15) is 0 Å². The molecule has 0 amide bonds. The fourth-order valence-electron chi connectivity index (χ4n) is 1.54. The molecule has 0 saturated carbocycles. The van der Waals surface area contributed by atoms with Crippen LogP contribution < -0.4 is 5.73 Å². The molecule has 0 aliphatic carbocycles. The average Bonchev–Trinajstić information content (AvgIpc) is 2.76. The molecule has 2 rings (SSSR count). The van der Waals surface area contributed by atoms with E-state index < -0.39 is 0 Å². The van der Waals surface area contributed by atoms with Crippen LogP contribution in [0.2, 0.25) is 4.34 Å². The molecule has 0 aliphatic rings. The number of nitrogens with zero attached hydrogens (tertiary/aromatic N) is 2. The van der Waals surface area contributed by atoms with Crippen LogP contribution in [0.1, 0.15) is 17.5 Å². The SMILES string of the molecule is CC(N)Cc1cn(Cc2ccc(Cl)s2)cn1. The van der Waals surface area contributed by atoms with Crippen molar-refractivity contribution < 1.29 is 0 Å². The van der Waals surface area contributed by atoms with E-state index in [0.717, 1.165) is 23.0 Å². The predicted octanol–water partition coefficient (Wildman–Crippen LogP) is 2.54. The Morgan fingerprint density at radius 3 is 3.00 bits per heavy atom. The maximum absolute atomic E-state index is 5.88. The molecule has 3 nitrogen and oxygen atoms in total. The highest BCUT2D eigenvalue weighted by atomic mass is 35.5. The lowest BCUT2D eigenvalue weighted by molar-refractivity contribution is 0.723. The van der Waals surface area contributed by atoms with E-state index in [2.05, 4.69) is 9.55 Å². The summed E-state index contributed by atoms with van der Waals surface area (Å²) in [6.45, 7) is 2.81. The van der Waals surface area contributed by atoms with Gasteiger partial charge in [0.15, 0.2) is 0 Å². The van der Waals surface area contributed by atoms with Gasteiger partial charge in [0, 0.05) is 23.5 Å². The van der Waals surface area contributed by atoms with Gasteiger partial charge in [-0.1, -0.05) is 11.6 Å². The van der Waals surface area contributed by atoms with Crippen LogP contribution in [-0.4, -0.2) is 15.6 Å². The minimum atomic E-state index is 0.152. The Bertz CT molecular complexity index is 461. The molecule has 0 bridgehead atoms. The van der Waals surface area contributed by atoms with Crippen molar-refractivity contribution >= 4 is 22.9 Å². The van der Waals surface area contributed by atoms with Gasteiger partial charge >= 0.3 is 0 Å². The maximum Gasteiger partial charge on any atom is 0.0952 e. The largest absolute Gasteiger partial charge is 0.332 e. The summed E-state index contributed by atoms with van der Waals surface area (Å²) in [6.07, 6.45) is 4.69. The first-order valence-electron chi connectivity index (χ1n) is 5.14. The normalized spacial score (nSPS) is 12.9. The fraction of sp³-hybridized carbons (Fsp3) is 0.364. The van der Waals surface area contributed by atoms with Crippen LogP contribution in [0, 0.1) is 0 Å². The van der Waals surface area contributed by atoms with E-state index in [-0.39, 0.29) is 6.04 Å². The van der Waals surface area contributed by atoms with Gasteiger partial charge in [-0.25, -0.2) is 4.98 Å². The van der Waals surface area contributed by atoms with E-state index in [1.165, 1.54) is 4.88 Å². The first kappa shape index (κ1) is 11.6. The first-order chi connectivity index (χ1) is 7.63. The van der Waals surface area contributed by atoms with Crippen molar-refractivity contribution in [2.75, 3.05) is 0 Å². The number of nitrogens with two attached hydrogens (primary N) is 1. The topological polar surface area (TPSA) is 43.8 Å². The Balaban J connectivity index is 2.02. The van der Waals surface area contributed by atoms with Crippen molar-refractivity contribution in [1.29, 1.82) is 0 Å². The van der Waals surface area contributed by atoms with E-state index in [1.54, 1.807) is 11.3 Å². The van der Waals surface area contributed by atoms with Crippen molar-refractivity contribution in [3.63, 3.8) is 0 Å². The van der Waals surface area contributed by atoms with Gasteiger partial charge in [-0.05, 0) is 19.1 Å². The second-order valence-corrected chi connectivity index (χ2v) is 5.72. The Labute approximate surface area is 104 Å². The zero-order chi connectivity index (χ0) is 11.5. The van der Waals surface area contributed by atoms with Crippen molar-refractivity contribution in [3.05, 3.63) is 39.6 Å². The summed E-state index contributed by atoms with van der Waals surface area (Å²) in [5.41, 5.74) is 6.76. The Hall–Kier alpha value is -0.840. The van der Waals surface area contributed by atoms with Crippen molar-refractivity contribution in [1.82, 2.24) is 9.55 Å². The summed E-state index contributed by atoms with van der Waals surface area (Å²) in [7, 11) is 0. The van der Waals surface area contributed by atoms with Gasteiger partial charge in [-0.2, -0.15) is 0 Å². The molecule has 2 N–H and O–H groups in total. The molecule has 2 aromatic rings. The van der Waals surface area contributed by atoms with Crippen LogP contribution in [0.25, 0.3) is 0 Å². The van der Waals surface area contributed by atoms with E-state index in [9.17, 15) is 0 Å². The van der Waals surface area contributed by atoms with Gasteiger partial charge in [0.25, 0.3) is 0 Å². The van der Waals surface area contributed by atoms with Crippen LogP contribution in [0.4, 0.5) is 0 Å². The molecule has 1 atom stereocenters. The number of hydrogen-bond acceptors (Lipinski definition) is 3. The minimum absolute atomic E-state index is 0.152. The number of thiophene rings is 1. The summed E-state index contributed by atoms with van der Waals surface area (Å²) in [5.74, 6) is 0. The van der Waals surface area contributed by atoms with Gasteiger partial charge in [0.2, 0.25) is 0 Å². The summed E-state index contributed by atoms with van der Waals surface area (Å²) in [6, 6.07) is 4.11. The van der Waals surface area contributed by atoms with Gasteiger partial charge in [-0.15, -0.1) is 11.3 Å². The lowest BCUT2D eigenvalue weighted by Crippen LogP contribution is -2.17. The number of hydrogen-bond donors (Lipinski definition) is 1. The lowest BCUT2D eigenvalue weighted by Gasteiger charge is -2.00. The summed E-state index contributed by atoms with van der Waals surface area (Å²) in [5, 5.41) is 0. The summed E-state index contributed by atoms with van der Waals surface area (Å²) in [4.78, 5) is 5.55. The van der Waals surface area contributed by atoms with Gasteiger partial charge < -0.3 is 10.3 Å². The van der Waals surface area contributed by atoms with Gasteiger partial charge in [0.05, 0.1) is 22.9 Å². The van der Waals surface area contributed by atoms with E-state index >= 15 is 0 Å². The lowest BCUT2D eigenvalue weighted by atomic mass is 10.2. The highest BCUT2D eigenvalue weighted by molar-refractivity contribution is 7.16. The molecule has 5 heteroatoms. The molecule has 0 radical (unpaired) electrons. The molecule has 2 heterocycles. The third-order valence-electron chi connectivity index (χ3n) is 2.19. The molecule has 86 valence electrons. The summed E-state index contributed by atoms with van der Waals surface area (Å²) < 4.78 is 2.88. The molecule has 0 aromatic carbocycles. The van der Waals surface area contributed by atoms with Gasteiger partial charge in [-0.3, -0.25) is 0 Å². The van der Waals surface area contributed by atoms with Crippen molar-refractivity contribution in [2.45, 2.75) is 25.9 Å². The number of rotatable bonds is 4. The van der Waals surface area contributed by atoms with Crippen LogP contribution in [0.15, 0.2) is 24.7 Å². The smallest absolute Gasteiger partial charge is 0.0952 e. The van der Waals surface area contributed by atoms with Crippen molar-refractivity contribution in [3.8, 4) is 0 Å². The molecular formula is C11H14ClN3S. The predicted molar refractivity (Wildman–Crippen MR) is 68.0 cm³/mol. The Kier molecular flexibility index (Phi) is 3.63. The Morgan fingerprint density at radius 1 is 1.56 bits per heavy atom. The number of imidazole rings is 1. The maximum atomic E-state index is 5.88. The van der Waals surface area contributed by atoms with Crippen LogP contribution in [0.5, 0.6) is 0 Å². The monoisotopic (exact) mass is 255 g/mol. The standard InChI is InChI=1S/C11H14ClN3S/c1-8(13)4-9-5-15(7-14-9)6-10-2-3-11(12)16-10/h2-3,5,7-8H,4,6,13H2,1H3. The number of halogens is 1. The minimum Gasteiger partial charge on any atom is -0.332 e. The molecule has 2 aromatic heterocycles. The Morgan fingerprint density at radius 2 is 2.38 bits per heavy atom. The van der Waals surface area contributed by atoms with Crippen LogP contribution in [0.3, 0.4) is 0 Å². The molecule has 0 aliphatic heterocycles. The third-order valence-corrected chi connectivity index (χ3v) is 3.40. The van der Waals surface area contributed by atoms with E-state index in [1.807, 2.05) is 31.6 Å². The van der Waals surface area contributed by atoms with E-state index in [0.29, 0.717) is 0 Å². The zero-order valence-electron chi connectivity index (χ0n) is 9.06. The fourth-order valence-corrected chi connectivity index (χ4v) is 2.64. The molecule has 0 spiro atoms. The third kappa shape index (κ3) is 3.07. The van der Waals surface area contributed by atoms with Crippen LogP contribution in [-0.2, 0) is 13.0 Å². The van der Waals surface area contributed by atoms with Crippen molar-refractivity contribution in [2.24, 2.45) is 5.73 Å². The highest BCUT2D eigenvalue weighted by Crippen LogP contribution is 2.22. The van der Waals surface area contributed by atoms with E-state index in [4.69, 9.17) is 17.3 Å². The summed E-state index contributed by atoms with van der Waals surface area (Å²) >= 11 is 7.48. The quantitative estimate of drug-likeness (QED) is 0.913. The van der Waals surface area contributed by atoms with Crippen LogP contribution >= 0.6 is 22.9 Å².